The molecule has 0 bridgehead atoms. The highest BCUT2D eigenvalue weighted by Gasteiger charge is 1.96. The van der Waals surface area contributed by atoms with Gasteiger partial charge in [0.2, 0.25) is 0 Å². The van der Waals surface area contributed by atoms with Gasteiger partial charge >= 0.3 is 0 Å². The standard InChI is InChI=1S/C6H14N2/c1-4-6(5-2)8-7-3/h6H,4-5H2,1-3H3. The van der Waals surface area contributed by atoms with Crippen LogP contribution in [0.5, 0.6) is 0 Å². The van der Waals surface area contributed by atoms with Crippen LogP contribution in [-0.4, -0.2) is 13.1 Å². The van der Waals surface area contributed by atoms with Crippen molar-refractivity contribution in [1.29, 1.82) is 0 Å². The fourth-order valence-electron chi connectivity index (χ4n) is 0.615. The van der Waals surface area contributed by atoms with Crippen LogP contribution in [-0.2, 0) is 0 Å². The predicted molar refractivity (Wildman–Crippen MR) is 35.1 cm³/mol. The van der Waals surface area contributed by atoms with Crippen LogP contribution in [0.3, 0.4) is 0 Å². The molecule has 8 heavy (non-hydrogen) atoms. The molecule has 0 rings (SSSR count). The number of rotatable bonds is 3. The van der Waals surface area contributed by atoms with E-state index in [1.807, 2.05) is 0 Å². The van der Waals surface area contributed by atoms with E-state index >= 15 is 0 Å². The van der Waals surface area contributed by atoms with Gasteiger partial charge in [-0.2, -0.15) is 10.2 Å². The van der Waals surface area contributed by atoms with Crippen LogP contribution in [0, 0.1) is 0 Å². The second-order valence-corrected chi connectivity index (χ2v) is 1.79. The fourth-order valence-corrected chi connectivity index (χ4v) is 0.615. The molecule has 2 heteroatoms. The maximum Gasteiger partial charge on any atom is 0.0703 e. The summed E-state index contributed by atoms with van der Waals surface area (Å²) in [4.78, 5) is 0. The Labute approximate surface area is 51.0 Å². The molecule has 0 aliphatic heterocycles. The van der Waals surface area contributed by atoms with Gasteiger partial charge in [0.05, 0.1) is 6.04 Å². The highest BCUT2D eigenvalue weighted by Crippen LogP contribution is 2.00. The Kier molecular flexibility index (Phi) is 4.51. The SMILES string of the molecule is CCC(CC)N=NC. The van der Waals surface area contributed by atoms with Gasteiger partial charge in [0.25, 0.3) is 0 Å². The lowest BCUT2D eigenvalue weighted by molar-refractivity contribution is 0.599. The van der Waals surface area contributed by atoms with Gasteiger partial charge in [-0.15, -0.1) is 0 Å². The van der Waals surface area contributed by atoms with Crippen LogP contribution in [0.4, 0.5) is 0 Å². The van der Waals surface area contributed by atoms with Gasteiger partial charge in [-0.3, -0.25) is 0 Å². The first-order valence-corrected chi connectivity index (χ1v) is 3.14. The first-order valence-electron chi connectivity index (χ1n) is 3.14. The van der Waals surface area contributed by atoms with E-state index in [0.29, 0.717) is 6.04 Å². The van der Waals surface area contributed by atoms with Crippen molar-refractivity contribution in [3.63, 3.8) is 0 Å². The molecule has 2 nitrogen and oxygen atoms in total. The Hall–Kier alpha value is -0.400. The van der Waals surface area contributed by atoms with Crippen LogP contribution in [0.1, 0.15) is 26.7 Å². The van der Waals surface area contributed by atoms with Crippen molar-refractivity contribution in [3.05, 3.63) is 0 Å². The summed E-state index contributed by atoms with van der Waals surface area (Å²) in [6, 6.07) is 0.458. The second kappa shape index (κ2) is 4.75. The molecule has 0 saturated carbocycles. The normalized spacial score (nSPS) is 11.5. The summed E-state index contributed by atoms with van der Waals surface area (Å²) in [5, 5.41) is 7.69. The van der Waals surface area contributed by atoms with Crippen molar-refractivity contribution in [2.45, 2.75) is 32.7 Å². The van der Waals surface area contributed by atoms with Gasteiger partial charge in [0.15, 0.2) is 0 Å². The molecule has 0 radical (unpaired) electrons. The van der Waals surface area contributed by atoms with Gasteiger partial charge < -0.3 is 0 Å². The van der Waals surface area contributed by atoms with Gasteiger partial charge in [-0.25, -0.2) is 0 Å². The topological polar surface area (TPSA) is 24.7 Å². The number of nitrogens with zero attached hydrogens (tertiary/aromatic N) is 2. The second-order valence-electron chi connectivity index (χ2n) is 1.79. The smallest absolute Gasteiger partial charge is 0.0703 e. The maximum atomic E-state index is 3.99. The number of azo groups is 1. The van der Waals surface area contributed by atoms with Crippen molar-refractivity contribution in [2.75, 3.05) is 7.05 Å². The van der Waals surface area contributed by atoms with Crippen LogP contribution in [0.25, 0.3) is 0 Å². The van der Waals surface area contributed by atoms with Crippen LogP contribution < -0.4 is 0 Å². The van der Waals surface area contributed by atoms with E-state index < -0.39 is 0 Å². The van der Waals surface area contributed by atoms with E-state index in [4.69, 9.17) is 0 Å². The Morgan fingerprint density at radius 2 is 1.75 bits per heavy atom. The molecule has 0 aliphatic carbocycles. The summed E-state index contributed by atoms with van der Waals surface area (Å²) in [5.74, 6) is 0. The van der Waals surface area contributed by atoms with Crippen molar-refractivity contribution >= 4 is 0 Å². The molecule has 0 aromatic heterocycles. The molecule has 0 amide bonds. The maximum absolute atomic E-state index is 3.99. The molecule has 48 valence electrons. The lowest BCUT2D eigenvalue weighted by atomic mass is 10.2. The molecule has 0 aromatic rings. The van der Waals surface area contributed by atoms with Gasteiger partial charge in [0.1, 0.15) is 0 Å². The number of hydrogen-bond donors (Lipinski definition) is 0. The molecule has 0 aliphatic rings. The van der Waals surface area contributed by atoms with E-state index in [9.17, 15) is 0 Å². The van der Waals surface area contributed by atoms with Gasteiger partial charge in [-0.05, 0) is 12.8 Å². The average molecular weight is 114 g/mol. The molecule has 0 unspecified atom stereocenters. The Morgan fingerprint density at radius 3 is 1.88 bits per heavy atom. The molecule has 0 aromatic carbocycles. The number of hydrogen-bond acceptors (Lipinski definition) is 2. The highest BCUT2D eigenvalue weighted by atomic mass is 15.1. The van der Waals surface area contributed by atoms with E-state index in [1.165, 1.54) is 0 Å². The van der Waals surface area contributed by atoms with Crippen LogP contribution >= 0.6 is 0 Å². The molecule has 0 atom stereocenters. The first kappa shape index (κ1) is 7.60. The van der Waals surface area contributed by atoms with Crippen molar-refractivity contribution in [2.24, 2.45) is 10.2 Å². The summed E-state index contributed by atoms with van der Waals surface area (Å²) < 4.78 is 0. The zero-order valence-electron chi connectivity index (χ0n) is 5.89. The van der Waals surface area contributed by atoms with Crippen molar-refractivity contribution in [3.8, 4) is 0 Å². The van der Waals surface area contributed by atoms with E-state index in [2.05, 4.69) is 24.1 Å². The lowest BCUT2D eigenvalue weighted by Gasteiger charge is -2.00. The minimum Gasteiger partial charge on any atom is -0.197 e. The molecular weight excluding hydrogens is 100 g/mol. The predicted octanol–water partition coefficient (Wildman–Crippen LogP) is 2.26. The zero-order valence-corrected chi connectivity index (χ0v) is 5.89. The minimum absolute atomic E-state index is 0.458. The van der Waals surface area contributed by atoms with Crippen molar-refractivity contribution in [1.82, 2.24) is 0 Å². The fraction of sp³-hybridized carbons (Fsp3) is 1.00. The third-order valence-corrected chi connectivity index (χ3v) is 1.22. The minimum atomic E-state index is 0.458. The third kappa shape index (κ3) is 2.72. The lowest BCUT2D eigenvalue weighted by Crippen LogP contribution is -1.97. The summed E-state index contributed by atoms with van der Waals surface area (Å²) in [7, 11) is 1.72. The van der Waals surface area contributed by atoms with Gasteiger partial charge in [0, 0.05) is 7.05 Å². The summed E-state index contributed by atoms with van der Waals surface area (Å²) in [6.45, 7) is 4.26. The first-order chi connectivity index (χ1) is 3.85. The Balaban J connectivity index is 3.36. The molecular formula is C6H14N2. The third-order valence-electron chi connectivity index (χ3n) is 1.22. The van der Waals surface area contributed by atoms with E-state index in [1.54, 1.807) is 7.05 Å². The molecule has 0 N–H and O–H groups in total. The Morgan fingerprint density at radius 1 is 1.25 bits per heavy atom. The monoisotopic (exact) mass is 114 g/mol. The summed E-state index contributed by atoms with van der Waals surface area (Å²) in [6.07, 6.45) is 2.21. The van der Waals surface area contributed by atoms with Crippen LogP contribution in [0.2, 0.25) is 0 Å². The zero-order chi connectivity index (χ0) is 6.41. The van der Waals surface area contributed by atoms with Crippen molar-refractivity contribution < 1.29 is 0 Å². The summed E-state index contributed by atoms with van der Waals surface area (Å²) >= 11 is 0. The quantitative estimate of drug-likeness (QED) is 0.503. The largest absolute Gasteiger partial charge is 0.197 e. The Bertz CT molecular complexity index is 64.9. The average Bonchev–Trinajstić information content (AvgIpc) is 1.83. The molecule has 0 heterocycles. The van der Waals surface area contributed by atoms with E-state index in [-0.39, 0.29) is 0 Å². The van der Waals surface area contributed by atoms with E-state index in [0.717, 1.165) is 12.8 Å². The molecule has 0 spiro atoms. The molecule has 0 fully saturated rings. The molecule has 0 saturated heterocycles. The van der Waals surface area contributed by atoms with Crippen LogP contribution in [0.15, 0.2) is 10.2 Å². The highest BCUT2D eigenvalue weighted by molar-refractivity contribution is 4.56. The van der Waals surface area contributed by atoms with Gasteiger partial charge in [-0.1, -0.05) is 13.8 Å². The summed E-state index contributed by atoms with van der Waals surface area (Å²) in [5.41, 5.74) is 0.